The molecule has 0 bridgehead atoms. The molecule has 5 aliphatic carbocycles. The van der Waals surface area contributed by atoms with Gasteiger partial charge in [-0.1, -0.05) is 121 Å². The van der Waals surface area contributed by atoms with Crippen molar-refractivity contribution < 1.29 is 0 Å². The molecule has 0 saturated heterocycles. The quantitative estimate of drug-likeness (QED) is 0.146. The third kappa shape index (κ3) is 2.81. The average molecular weight is 545 g/mol. The Bertz CT molecular complexity index is 2230. The molecule has 5 aliphatic rings. The second-order valence-electron chi connectivity index (χ2n) is 11.5. The van der Waals surface area contributed by atoms with Crippen molar-refractivity contribution in [2.75, 3.05) is 0 Å². The summed E-state index contributed by atoms with van der Waals surface area (Å²) in [4.78, 5) is 0. The minimum absolute atomic E-state index is 0.625. The molecule has 1 atom stereocenters. The van der Waals surface area contributed by atoms with E-state index in [2.05, 4.69) is 133 Å². The van der Waals surface area contributed by atoms with Crippen LogP contribution in [0.3, 0.4) is 0 Å². The van der Waals surface area contributed by atoms with Crippen LogP contribution in [0.25, 0.3) is 39.6 Å². The van der Waals surface area contributed by atoms with Crippen LogP contribution in [-0.2, 0) is 6.42 Å². The van der Waals surface area contributed by atoms with Crippen LogP contribution in [0.2, 0.25) is 0 Å². The third-order valence-electron chi connectivity index (χ3n) is 9.65. The number of rotatable bonds is 1. The lowest BCUT2D eigenvalue weighted by atomic mass is 9.60. The first-order chi connectivity index (χ1) is 20.7. The highest BCUT2D eigenvalue weighted by Crippen LogP contribution is 2.64. The highest BCUT2D eigenvalue weighted by atomic mass is 28.2. The molecule has 0 radical (unpaired) electrons. The second-order valence-corrected chi connectivity index (χ2v) is 13.8. The highest BCUT2D eigenvalue weighted by molar-refractivity contribution is 6.78. The van der Waals surface area contributed by atoms with Crippen molar-refractivity contribution in [3.63, 3.8) is 0 Å². The Labute approximate surface area is 248 Å². The van der Waals surface area contributed by atoms with Crippen molar-refractivity contribution in [2.45, 2.75) is 6.42 Å². The standard InChI is InChI=1S/C41H24Si/c1-3-29-35(4-2)41(21-11-19-33-30-16-8-5-13-26(30)23-36(33)41)37-24-27-14-7-10-18-32(27)39(37)40(29)42-22-12-20-34-31-17-9-6-15-28(31)25-38(34)42/h1-2,5-24H,25H2. The van der Waals surface area contributed by atoms with Gasteiger partial charge in [-0.15, -0.1) is 12.8 Å². The zero-order valence-corrected chi connectivity index (χ0v) is 23.9. The van der Waals surface area contributed by atoms with Crippen molar-refractivity contribution in [2.24, 2.45) is 5.41 Å². The van der Waals surface area contributed by atoms with Gasteiger partial charge in [-0.25, -0.2) is 0 Å². The Morgan fingerprint density at radius 1 is 0.690 bits per heavy atom. The monoisotopic (exact) mass is 544 g/mol. The number of benzene rings is 3. The van der Waals surface area contributed by atoms with E-state index in [0.29, 0.717) is 0 Å². The number of hydrogen-bond donors (Lipinski definition) is 0. The van der Waals surface area contributed by atoms with Gasteiger partial charge in [-0.05, 0) is 90.2 Å². The SMILES string of the molecule is C#CC1=C(C#C)C2(C=CC=C3C2=Cc2ccccc23)C2=Cc3ccccc3C2=C1[si]1cccc2c1Cc1ccccc1-2. The van der Waals surface area contributed by atoms with Gasteiger partial charge >= 0.3 is 0 Å². The van der Waals surface area contributed by atoms with Crippen LogP contribution in [0.1, 0.15) is 33.0 Å². The van der Waals surface area contributed by atoms with E-state index in [9.17, 15) is 0 Å². The number of fused-ring (bicyclic) bond motifs is 11. The lowest BCUT2D eigenvalue weighted by Gasteiger charge is -2.42. The van der Waals surface area contributed by atoms with Gasteiger partial charge in [0, 0.05) is 11.1 Å². The first kappa shape index (κ1) is 23.5. The summed E-state index contributed by atoms with van der Waals surface area (Å²) in [6.45, 7) is 0. The molecule has 1 spiro atoms. The van der Waals surface area contributed by atoms with Crippen molar-refractivity contribution in [3.05, 3.63) is 164 Å². The normalized spacial score (nSPS) is 20.0. The Morgan fingerprint density at radius 2 is 1.38 bits per heavy atom. The van der Waals surface area contributed by atoms with E-state index in [1.54, 1.807) is 0 Å². The fourth-order valence-corrected chi connectivity index (χ4v) is 10.8. The molecular weight excluding hydrogens is 521 g/mol. The van der Waals surface area contributed by atoms with Crippen LogP contribution < -0.4 is 0 Å². The zero-order chi connectivity index (χ0) is 28.0. The first-order valence-corrected chi connectivity index (χ1v) is 16.0. The molecule has 42 heavy (non-hydrogen) atoms. The molecular formula is C41H24Si. The predicted molar refractivity (Wildman–Crippen MR) is 177 cm³/mol. The maximum atomic E-state index is 6.56. The summed E-state index contributed by atoms with van der Waals surface area (Å²) in [6, 6.07) is 30.7. The minimum Gasteiger partial charge on any atom is -0.115 e. The van der Waals surface area contributed by atoms with Gasteiger partial charge in [0.15, 0.2) is 0 Å². The molecule has 3 aromatic carbocycles. The maximum absolute atomic E-state index is 6.56. The fraction of sp³-hybridized carbons (Fsp3) is 0.0488. The van der Waals surface area contributed by atoms with Gasteiger partial charge < -0.3 is 0 Å². The number of terminal acetylenes is 2. The Hall–Kier alpha value is -5.21. The first-order valence-electron chi connectivity index (χ1n) is 14.4. The topological polar surface area (TPSA) is 0 Å². The Morgan fingerprint density at radius 3 is 2.19 bits per heavy atom. The summed E-state index contributed by atoms with van der Waals surface area (Å²) in [6.07, 6.45) is 25.5. The smallest absolute Gasteiger partial charge is 0.0792 e. The van der Waals surface area contributed by atoms with E-state index in [4.69, 9.17) is 12.8 Å². The summed E-state index contributed by atoms with van der Waals surface area (Å²) in [5.74, 6) is 6.40. The van der Waals surface area contributed by atoms with E-state index in [0.717, 1.165) is 17.6 Å². The van der Waals surface area contributed by atoms with Crippen molar-refractivity contribution in [3.8, 4) is 35.8 Å². The molecule has 0 N–H and O–H groups in total. The molecule has 1 aromatic heterocycles. The molecule has 1 unspecified atom stereocenters. The largest absolute Gasteiger partial charge is 0.115 e. The average Bonchev–Trinajstić information content (AvgIpc) is 3.73. The molecule has 0 aliphatic heterocycles. The van der Waals surface area contributed by atoms with Gasteiger partial charge in [-0.2, -0.15) is 0 Å². The maximum Gasteiger partial charge on any atom is 0.0792 e. The Balaban J connectivity index is 1.39. The molecule has 0 fully saturated rings. The third-order valence-corrected chi connectivity index (χ3v) is 12.3. The lowest BCUT2D eigenvalue weighted by Crippen LogP contribution is -2.32. The van der Waals surface area contributed by atoms with Crippen LogP contribution in [0.4, 0.5) is 0 Å². The highest BCUT2D eigenvalue weighted by Gasteiger charge is 2.51. The van der Waals surface area contributed by atoms with E-state index in [-0.39, 0.29) is 0 Å². The molecule has 1 heteroatoms. The van der Waals surface area contributed by atoms with Crippen molar-refractivity contribution in [1.29, 1.82) is 0 Å². The summed E-state index contributed by atoms with van der Waals surface area (Å²) in [5.41, 5.74) is 17.6. The summed E-state index contributed by atoms with van der Waals surface area (Å²) >= 11 is 0. The summed E-state index contributed by atoms with van der Waals surface area (Å²) in [5, 5.41) is 2.77. The minimum atomic E-state index is -1.36. The summed E-state index contributed by atoms with van der Waals surface area (Å²) in [7, 11) is -1.36. The Kier molecular flexibility index (Phi) is 4.70. The van der Waals surface area contributed by atoms with Crippen molar-refractivity contribution >= 4 is 36.9 Å². The molecule has 0 amide bonds. The van der Waals surface area contributed by atoms with Gasteiger partial charge in [0.1, 0.15) is 0 Å². The van der Waals surface area contributed by atoms with E-state index in [1.165, 1.54) is 71.6 Å². The van der Waals surface area contributed by atoms with Gasteiger partial charge in [0.2, 0.25) is 0 Å². The molecule has 0 saturated carbocycles. The van der Waals surface area contributed by atoms with E-state index >= 15 is 0 Å². The lowest BCUT2D eigenvalue weighted by molar-refractivity contribution is 0.720. The van der Waals surface area contributed by atoms with Crippen molar-refractivity contribution in [1.82, 2.24) is 0 Å². The van der Waals surface area contributed by atoms with Crippen LogP contribution in [0.5, 0.6) is 0 Å². The molecule has 4 aromatic rings. The number of allylic oxidation sites excluding steroid dienone is 10. The van der Waals surface area contributed by atoms with Crippen LogP contribution in [-0.4, -0.2) is 8.40 Å². The van der Waals surface area contributed by atoms with Crippen LogP contribution >= 0.6 is 0 Å². The molecule has 192 valence electrons. The molecule has 9 rings (SSSR count). The van der Waals surface area contributed by atoms with E-state index < -0.39 is 13.8 Å². The molecule has 1 heterocycles. The van der Waals surface area contributed by atoms with Gasteiger partial charge in [0.25, 0.3) is 0 Å². The van der Waals surface area contributed by atoms with Crippen LogP contribution in [0, 0.1) is 30.1 Å². The fourth-order valence-electron chi connectivity index (χ4n) is 7.96. The second kappa shape index (κ2) is 8.40. The predicted octanol–water partition coefficient (Wildman–Crippen LogP) is 8.66. The van der Waals surface area contributed by atoms with E-state index in [1.807, 2.05) is 0 Å². The van der Waals surface area contributed by atoms with Crippen LogP contribution in [0.15, 0.2) is 131 Å². The summed E-state index contributed by atoms with van der Waals surface area (Å²) < 4.78 is 0. The zero-order valence-electron chi connectivity index (χ0n) is 22.9. The number of hydrogen-bond acceptors (Lipinski definition) is 0. The van der Waals surface area contributed by atoms with Gasteiger partial charge in [-0.3, -0.25) is 0 Å². The van der Waals surface area contributed by atoms with Gasteiger partial charge in [0.05, 0.1) is 13.8 Å². The molecule has 0 nitrogen and oxygen atoms in total.